The van der Waals surface area contributed by atoms with E-state index in [-0.39, 0.29) is 5.91 Å². The molecule has 3 aromatic rings. The normalized spacial score (nSPS) is 15.9. The summed E-state index contributed by atoms with van der Waals surface area (Å²) < 4.78 is 5.41. The molecule has 4 rings (SSSR count). The van der Waals surface area contributed by atoms with E-state index in [2.05, 4.69) is 10.3 Å². The Morgan fingerprint density at radius 2 is 1.52 bits per heavy atom. The lowest BCUT2D eigenvalue weighted by Gasteiger charge is -2.05. The molecule has 0 unspecified atom stereocenters. The second-order valence-corrected chi connectivity index (χ2v) is 8.17. The number of aryl methyl sites for hydroxylation is 2. The largest absolute Gasteiger partial charge is 0.423 e. The molecule has 0 saturated carbocycles. The summed E-state index contributed by atoms with van der Waals surface area (Å²) in [4.78, 5) is 29.5. The number of nitrogens with zero attached hydrogens (tertiary/aromatic N) is 1. The van der Waals surface area contributed by atoms with Crippen molar-refractivity contribution in [3.05, 3.63) is 100.0 Å². The lowest BCUT2D eigenvalue weighted by atomic mass is 10.1. The maximum absolute atomic E-state index is 12.3. The summed E-state index contributed by atoms with van der Waals surface area (Å²) in [6.45, 7) is 3.97. The number of hydrogen-bond donors (Lipinski definition) is 1. The summed E-state index contributed by atoms with van der Waals surface area (Å²) in [5, 5.41) is 3.33. The first-order chi connectivity index (χ1) is 15.0. The summed E-state index contributed by atoms with van der Waals surface area (Å²) in [7, 11) is 0. The molecule has 1 N–H and O–H groups in total. The van der Waals surface area contributed by atoms with Crippen LogP contribution < -0.4 is 10.1 Å². The summed E-state index contributed by atoms with van der Waals surface area (Å²) in [5.41, 5.74) is 4.34. The predicted molar refractivity (Wildman–Crippen MR) is 125 cm³/mol. The number of amidine groups is 1. The second-order valence-electron chi connectivity index (χ2n) is 7.14. The Hall–Kier alpha value is -3.64. The van der Waals surface area contributed by atoms with Crippen molar-refractivity contribution in [3.63, 3.8) is 0 Å². The summed E-state index contributed by atoms with van der Waals surface area (Å²) in [6, 6.07) is 22.0. The number of amides is 1. The van der Waals surface area contributed by atoms with E-state index in [0.29, 0.717) is 21.4 Å². The van der Waals surface area contributed by atoms with Crippen LogP contribution in [0.5, 0.6) is 5.75 Å². The second kappa shape index (κ2) is 9.02. The van der Waals surface area contributed by atoms with Gasteiger partial charge >= 0.3 is 5.97 Å². The van der Waals surface area contributed by atoms with E-state index in [1.807, 2.05) is 50.2 Å². The molecule has 0 spiro atoms. The Morgan fingerprint density at radius 3 is 2.16 bits per heavy atom. The van der Waals surface area contributed by atoms with Crippen LogP contribution in [0.2, 0.25) is 0 Å². The van der Waals surface area contributed by atoms with Gasteiger partial charge in [-0.05, 0) is 73.6 Å². The molecule has 1 heterocycles. The fraction of sp³-hybridized carbons (Fsp3) is 0.0800. The first kappa shape index (κ1) is 20.6. The Balaban J connectivity index is 1.43. The predicted octanol–water partition coefficient (Wildman–Crippen LogP) is 5.41. The van der Waals surface area contributed by atoms with Crippen molar-refractivity contribution in [2.75, 3.05) is 0 Å². The minimum Gasteiger partial charge on any atom is -0.423 e. The van der Waals surface area contributed by atoms with Gasteiger partial charge in [0.1, 0.15) is 5.75 Å². The van der Waals surface area contributed by atoms with Crippen molar-refractivity contribution >= 4 is 40.6 Å². The SMILES string of the molecule is Cc1ccc(N=C2NC(=O)/C(=C/c3ccc(OC(=O)c4ccc(C)cc4)cc3)S2)cc1. The van der Waals surface area contributed by atoms with Gasteiger partial charge in [-0.3, -0.25) is 4.79 Å². The first-order valence-electron chi connectivity index (χ1n) is 9.71. The lowest BCUT2D eigenvalue weighted by Crippen LogP contribution is -2.19. The Morgan fingerprint density at radius 1 is 0.903 bits per heavy atom. The quantitative estimate of drug-likeness (QED) is 0.343. The van der Waals surface area contributed by atoms with Crippen LogP contribution in [0.25, 0.3) is 6.08 Å². The third kappa shape index (κ3) is 5.29. The average Bonchev–Trinajstić information content (AvgIpc) is 3.10. The van der Waals surface area contributed by atoms with Gasteiger partial charge in [0, 0.05) is 0 Å². The molecule has 6 heteroatoms. The van der Waals surface area contributed by atoms with Gasteiger partial charge in [0.15, 0.2) is 5.17 Å². The topological polar surface area (TPSA) is 67.8 Å². The monoisotopic (exact) mass is 428 g/mol. The number of rotatable bonds is 4. The van der Waals surface area contributed by atoms with E-state index in [4.69, 9.17) is 4.74 Å². The standard InChI is InChI=1S/C25H20N2O3S/c1-16-3-9-19(10-4-16)24(29)30-21-13-7-18(8-14-21)15-22-23(28)27-25(31-22)26-20-11-5-17(2)6-12-20/h3-15H,1-2H3,(H,26,27,28)/b22-15-. The average molecular weight is 429 g/mol. The summed E-state index contributed by atoms with van der Waals surface area (Å²) in [6.07, 6.45) is 1.78. The maximum atomic E-state index is 12.3. The molecule has 0 atom stereocenters. The molecule has 1 aliphatic heterocycles. The van der Waals surface area contributed by atoms with Crippen molar-refractivity contribution in [1.82, 2.24) is 5.32 Å². The number of aliphatic imine (C=N–C) groups is 1. The van der Waals surface area contributed by atoms with E-state index in [0.717, 1.165) is 22.4 Å². The zero-order valence-electron chi connectivity index (χ0n) is 17.1. The minimum atomic E-state index is -0.409. The molecule has 0 bridgehead atoms. The number of esters is 1. The van der Waals surface area contributed by atoms with Crippen LogP contribution in [0, 0.1) is 13.8 Å². The smallest absolute Gasteiger partial charge is 0.343 e. The zero-order chi connectivity index (χ0) is 21.8. The number of hydrogen-bond acceptors (Lipinski definition) is 5. The molecule has 1 fully saturated rings. The third-order valence-corrected chi connectivity index (χ3v) is 5.50. The highest BCUT2D eigenvalue weighted by Crippen LogP contribution is 2.28. The third-order valence-electron chi connectivity index (χ3n) is 4.59. The number of benzene rings is 3. The van der Waals surface area contributed by atoms with Crippen molar-refractivity contribution in [1.29, 1.82) is 0 Å². The molecule has 3 aromatic carbocycles. The fourth-order valence-corrected chi connectivity index (χ4v) is 3.70. The Labute approximate surface area is 184 Å². The van der Waals surface area contributed by atoms with Crippen molar-refractivity contribution in [2.45, 2.75) is 13.8 Å². The Bertz CT molecular complexity index is 1180. The first-order valence-corrected chi connectivity index (χ1v) is 10.5. The van der Waals surface area contributed by atoms with E-state index < -0.39 is 5.97 Å². The fourth-order valence-electron chi connectivity index (χ4n) is 2.86. The number of thioether (sulfide) groups is 1. The van der Waals surface area contributed by atoms with Crippen LogP contribution >= 0.6 is 11.8 Å². The number of ether oxygens (including phenoxy) is 1. The molecule has 31 heavy (non-hydrogen) atoms. The lowest BCUT2D eigenvalue weighted by molar-refractivity contribution is -0.115. The van der Waals surface area contributed by atoms with Crippen LogP contribution in [-0.4, -0.2) is 17.0 Å². The van der Waals surface area contributed by atoms with Crippen molar-refractivity contribution in [2.24, 2.45) is 4.99 Å². The van der Waals surface area contributed by atoms with Gasteiger partial charge in [0.25, 0.3) is 5.91 Å². The van der Waals surface area contributed by atoms with Gasteiger partial charge < -0.3 is 10.1 Å². The molecule has 5 nitrogen and oxygen atoms in total. The van der Waals surface area contributed by atoms with Crippen LogP contribution in [0.3, 0.4) is 0 Å². The summed E-state index contributed by atoms with van der Waals surface area (Å²) in [5.74, 6) is -0.155. The molecule has 1 saturated heterocycles. The van der Waals surface area contributed by atoms with Crippen LogP contribution in [-0.2, 0) is 4.79 Å². The van der Waals surface area contributed by atoms with Crippen molar-refractivity contribution < 1.29 is 14.3 Å². The molecular weight excluding hydrogens is 408 g/mol. The van der Waals surface area contributed by atoms with Gasteiger partial charge in [-0.2, -0.15) is 0 Å². The van der Waals surface area contributed by atoms with Gasteiger partial charge in [-0.15, -0.1) is 0 Å². The zero-order valence-corrected chi connectivity index (χ0v) is 17.9. The van der Waals surface area contributed by atoms with Crippen molar-refractivity contribution in [3.8, 4) is 5.75 Å². The Kier molecular flexibility index (Phi) is 6.00. The van der Waals surface area contributed by atoms with E-state index in [1.165, 1.54) is 11.8 Å². The number of nitrogens with one attached hydrogen (secondary N) is 1. The summed E-state index contributed by atoms with van der Waals surface area (Å²) >= 11 is 1.29. The molecule has 0 aliphatic carbocycles. The molecular formula is C25H20N2O3S. The molecule has 0 radical (unpaired) electrons. The van der Waals surface area contributed by atoms with E-state index >= 15 is 0 Å². The van der Waals surface area contributed by atoms with Gasteiger partial charge in [0.2, 0.25) is 0 Å². The highest BCUT2D eigenvalue weighted by Gasteiger charge is 2.23. The molecule has 1 aliphatic rings. The highest BCUT2D eigenvalue weighted by molar-refractivity contribution is 8.18. The van der Waals surface area contributed by atoms with E-state index in [1.54, 1.807) is 42.5 Å². The number of carbonyl (C=O) groups is 2. The molecule has 154 valence electrons. The van der Waals surface area contributed by atoms with Crippen LogP contribution in [0.1, 0.15) is 27.0 Å². The highest BCUT2D eigenvalue weighted by atomic mass is 32.2. The maximum Gasteiger partial charge on any atom is 0.343 e. The van der Waals surface area contributed by atoms with Gasteiger partial charge in [-0.25, -0.2) is 9.79 Å². The molecule has 0 aromatic heterocycles. The minimum absolute atomic E-state index is 0.189. The number of carbonyl (C=O) groups excluding carboxylic acids is 2. The molecule has 1 amide bonds. The van der Waals surface area contributed by atoms with Gasteiger partial charge in [-0.1, -0.05) is 47.5 Å². The van der Waals surface area contributed by atoms with Crippen LogP contribution in [0.15, 0.2) is 82.7 Å². The van der Waals surface area contributed by atoms with Crippen LogP contribution in [0.4, 0.5) is 5.69 Å². The van der Waals surface area contributed by atoms with E-state index in [9.17, 15) is 9.59 Å². The van der Waals surface area contributed by atoms with Gasteiger partial charge in [0.05, 0.1) is 16.2 Å².